The van der Waals surface area contributed by atoms with Crippen molar-refractivity contribution in [2.45, 2.75) is 13.0 Å². The lowest BCUT2D eigenvalue weighted by Gasteiger charge is -2.13. The van der Waals surface area contributed by atoms with E-state index < -0.39 is 6.04 Å². The van der Waals surface area contributed by atoms with Crippen molar-refractivity contribution in [3.8, 4) is 23.0 Å². The number of pyridine rings is 1. The number of nitrogens with zero attached hydrogens (tertiary/aromatic N) is 4. The largest absolute Gasteiger partial charge is 0.467 e. The van der Waals surface area contributed by atoms with Gasteiger partial charge in [-0.2, -0.15) is 4.98 Å². The molecule has 0 amide bonds. The summed E-state index contributed by atoms with van der Waals surface area (Å²) in [7, 11) is 1.36. The van der Waals surface area contributed by atoms with Crippen molar-refractivity contribution in [2.75, 3.05) is 7.11 Å². The zero-order valence-corrected chi connectivity index (χ0v) is 12.1. The van der Waals surface area contributed by atoms with Crippen LogP contribution in [0.1, 0.15) is 13.0 Å². The number of carbonyl (C=O) groups excluding carboxylic acids is 1. The van der Waals surface area contributed by atoms with Crippen LogP contribution in [0, 0.1) is 0 Å². The topological polar surface area (TPSA) is 83.0 Å². The minimum atomic E-state index is -0.480. The maximum Gasteiger partial charge on any atom is 0.328 e. The van der Waals surface area contributed by atoms with E-state index in [1.807, 2.05) is 12.1 Å². The molecule has 0 fully saturated rings. The Morgan fingerprint density at radius 2 is 2.09 bits per heavy atom. The molecule has 1 atom stereocenters. The monoisotopic (exact) mass is 298 g/mol. The van der Waals surface area contributed by atoms with Crippen LogP contribution in [-0.2, 0) is 9.53 Å². The Labute approximate surface area is 126 Å². The molecule has 112 valence electrons. The molecule has 3 heterocycles. The third-order valence-electron chi connectivity index (χ3n) is 3.32. The third-order valence-corrected chi connectivity index (χ3v) is 3.32. The molecular formula is C15H14N4O3. The van der Waals surface area contributed by atoms with Gasteiger partial charge >= 0.3 is 5.97 Å². The maximum absolute atomic E-state index is 11.7. The molecule has 0 aliphatic carbocycles. The number of esters is 1. The molecule has 3 aromatic rings. The molecule has 0 saturated carbocycles. The van der Waals surface area contributed by atoms with Gasteiger partial charge < -0.3 is 13.8 Å². The van der Waals surface area contributed by atoms with Gasteiger partial charge in [-0.15, -0.1) is 0 Å². The van der Waals surface area contributed by atoms with Crippen LogP contribution in [0.3, 0.4) is 0 Å². The lowest BCUT2D eigenvalue weighted by molar-refractivity contribution is -0.143. The van der Waals surface area contributed by atoms with Gasteiger partial charge in [-0.1, -0.05) is 5.16 Å². The van der Waals surface area contributed by atoms with E-state index in [2.05, 4.69) is 15.1 Å². The van der Waals surface area contributed by atoms with Crippen LogP contribution < -0.4 is 0 Å². The highest BCUT2D eigenvalue weighted by Crippen LogP contribution is 2.25. The highest BCUT2D eigenvalue weighted by molar-refractivity contribution is 5.74. The standard InChI is InChI=1S/C15H14N4O3/c1-10(15(20)21-2)19-9-3-4-12(19)14-17-13(18-22-14)11-5-7-16-8-6-11/h3-10H,1-2H3. The van der Waals surface area contributed by atoms with Crippen LogP contribution in [0.2, 0.25) is 0 Å². The van der Waals surface area contributed by atoms with Crippen molar-refractivity contribution in [1.29, 1.82) is 0 Å². The second-order valence-corrected chi connectivity index (χ2v) is 4.66. The first kappa shape index (κ1) is 14.0. The van der Waals surface area contributed by atoms with Crippen LogP contribution in [-0.4, -0.2) is 32.8 Å². The Hall–Kier alpha value is -2.96. The summed E-state index contributed by atoms with van der Waals surface area (Å²) in [6.07, 6.45) is 5.09. The van der Waals surface area contributed by atoms with Gasteiger partial charge in [0.05, 0.1) is 7.11 Å². The SMILES string of the molecule is COC(=O)C(C)n1cccc1-c1nc(-c2ccncc2)no1. The fourth-order valence-electron chi connectivity index (χ4n) is 2.14. The smallest absolute Gasteiger partial charge is 0.328 e. The summed E-state index contributed by atoms with van der Waals surface area (Å²) in [6, 6.07) is 6.73. The highest BCUT2D eigenvalue weighted by Gasteiger charge is 2.21. The molecule has 0 aliphatic heterocycles. The number of hydrogen-bond acceptors (Lipinski definition) is 6. The van der Waals surface area contributed by atoms with E-state index in [1.165, 1.54) is 7.11 Å². The normalized spacial score (nSPS) is 12.1. The number of methoxy groups -OCH3 is 1. The second-order valence-electron chi connectivity index (χ2n) is 4.66. The molecule has 0 bridgehead atoms. The first-order chi connectivity index (χ1) is 10.7. The molecule has 3 rings (SSSR count). The third kappa shape index (κ3) is 2.48. The Morgan fingerprint density at radius 3 is 2.82 bits per heavy atom. The Bertz CT molecular complexity index is 779. The van der Waals surface area contributed by atoms with Gasteiger partial charge in [0.2, 0.25) is 5.82 Å². The van der Waals surface area contributed by atoms with E-state index in [0.717, 1.165) is 5.56 Å². The molecule has 0 saturated heterocycles. The van der Waals surface area contributed by atoms with Crippen molar-refractivity contribution >= 4 is 5.97 Å². The van der Waals surface area contributed by atoms with Crippen molar-refractivity contribution in [3.05, 3.63) is 42.9 Å². The Kier molecular flexibility index (Phi) is 3.69. The lowest BCUT2D eigenvalue weighted by atomic mass is 10.2. The molecule has 0 aromatic carbocycles. The highest BCUT2D eigenvalue weighted by atomic mass is 16.5. The number of aromatic nitrogens is 4. The predicted octanol–water partition coefficient (Wildman–Crippen LogP) is 2.33. The zero-order chi connectivity index (χ0) is 15.5. The van der Waals surface area contributed by atoms with Crippen molar-refractivity contribution in [2.24, 2.45) is 0 Å². The van der Waals surface area contributed by atoms with Crippen LogP contribution >= 0.6 is 0 Å². The molecule has 7 nitrogen and oxygen atoms in total. The average molecular weight is 298 g/mol. The molecule has 22 heavy (non-hydrogen) atoms. The summed E-state index contributed by atoms with van der Waals surface area (Å²) in [5, 5.41) is 3.96. The quantitative estimate of drug-likeness (QED) is 0.687. The average Bonchev–Trinajstić information content (AvgIpc) is 3.22. The summed E-state index contributed by atoms with van der Waals surface area (Å²) in [4.78, 5) is 20.0. The van der Waals surface area contributed by atoms with Crippen molar-refractivity contribution in [3.63, 3.8) is 0 Å². The molecule has 0 N–H and O–H groups in total. The second kappa shape index (κ2) is 5.80. The number of rotatable bonds is 4. The van der Waals surface area contributed by atoms with Gasteiger partial charge in [0, 0.05) is 24.2 Å². The van der Waals surface area contributed by atoms with E-state index in [4.69, 9.17) is 9.26 Å². The lowest BCUT2D eigenvalue weighted by Crippen LogP contribution is -2.17. The first-order valence-electron chi connectivity index (χ1n) is 6.70. The Morgan fingerprint density at radius 1 is 1.32 bits per heavy atom. The zero-order valence-electron chi connectivity index (χ0n) is 12.1. The van der Waals surface area contributed by atoms with Crippen LogP contribution in [0.5, 0.6) is 0 Å². The predicted molar refractivity (Wildman–Crippen MR) is 77.7 cm³/mol. The van der Waals surface area contributed by atoms with Gasteiger partial charge in [-0.3, -0.25) is 4.98 Å². The van der Waals surface area contributed by atoms with Gasteiger partial charge in [0.25, 0.3) is 5.89 Å². The molecule has 0 radical (unpaired) electrons. The van der Waals surface area contributed by atoms with Gasteiger partial charge in [-0.05, 0) is 31.2 Å². The Balaban J connectivity index is 1.95. The fourth-order valence-corrected chi connectivity index (χ4v) is 2.14. The van der Waals surface area contributed by atoms with Crippen LogP contribution in [0.4, 0.5) is 0 Å². The summed E-state index contributed by atoms with van der Waals surface area (Å²) < 4.78 is 11.8. The first-order valence-corrected chi connectivity index (χ1v) is 6.70. The van der Waals surface area contributed by atoms with Crippen molar-refractivity contribution in [1.82, 2.24) is 19.7 Å². The van der Waals surface area contributed by atoms with E-state index >= 15 is 0 Å². The minimum Gasteiger partial charge on any atom is -0.467 e. The summed E-state index contributed by atoms with van der Waals surface area (Å²) in [5.74, 6) is 0.467. The summed E-state index contributed by atoms with van der Waals surface area (Å²) >= 11 is 0. The molecular weight excluding hydrogens is 284 g/mol. The van der Waals surface area contributed by atoms with E-state index in [9.17, 15) is 4.79 Å². The summed E-state index contributed by atoms with van der Waals surface area (Å²) in [6.45, 7) is 1.75. The molecule has 0 aliphatic rings. The van der Waals surface area contributed by atoms with E-state index in [0.29, 0.717) is 17.4 Å². The van der Waals surface area contributed by atoms with E-state index in [-0.39, 0.29) is 5.97 Å². The van der Waals surface area contributed by atoms with Crippen LogP contribution in [0.25, 0.3) is 23.0 Å². The number of ether oxygens (including phenoxy) is 1. The van der Waals surface area contributed by atoms with Gasteiger partial charge in [0.15, 0.2) is 0 Å². The van der Waals surface area contributed by atoms with Gasteiger partial charge in [0.1, 0.15) is 11.7 Å². The molecule has 3 aromatic heterocycles. The summed E-state index contributed by atoms with van der Waals surface area (Å²) in [5.41, 5.74) is 1.47. The maximum atomic E-state index is 11.7. The van der Waals surface area contributed by atoms with Gasteiger partial charge in [-0.25, -0.2) is 4.79 Å². The molecule has 0 spiro atoms. The van der Waals surface area contributed by atoms with Crippen LogP contribution in [0.15, 0.2) is 47.4 Å². The van der Waals surface area contributed by atoms with Crippen molar-refractivity contribution < 1.29 is 14.1 Å². The fraction of sp³-hybridized carbons (Fsp3) is 0.200. The molecule has 1 unspecified atom stereocenters. The minimum absolute atomic E-state index is 0.340. The molecule has 7 heteroatoms. The number of carbonyl (C=O) groups is 1. The number of hydrogen-bond donors (Lipinski definition) is 0. The van der Waals surface area contributed by atoms with E-state index in [1.54, 1.807) is 42.2 Å².